The first-order valence-electron chi connectivity index (χ1n) is 8.29. The van der Waals surface area contributed by atoms with Gasteiger partial charge in [0.2, 0.25) is 0 Å². The fourth-order valence-corrected chi connectivity index (χ4v) is 4.27. The topological polar surface area (TPSA) is 77.0 Å². The van der Waals surface area contributed by atoms with Crippen molar-refractivity contribution in [1.29, 1.82) is 0 Å². The van der Waals surface area contributed by atoms with Crippen LogP contribution in [0.3, 0.4) is 0 Å². The second kappa shape index (κ2) is 5.86. The van der Waals surface area contributed by atoms with Gasteiger partial charge in [0.05, 0.1) is 23.6 Å². The molecule has 3 heterocycles. The summed E-state index contributed by atoms with van der Waals surface area (Å²) in [5.74, 6) is 1.09. The zero-order valence-electron chi connectivity index (χ0n) is 13.5. The summed E-state index contributed by atoms with van der Waals surface area (Å²) in [5, 5.41) is 8.83. The molecule has 0 spiro atoms. The molecule has 5 rings (SSSR count). The highest BCUT2D eigenvalue weighted by Gasteiger charge is 2.50. The first-order valence-corrected chi connectivity index (χ1v) is 8.67. The van der Waals surface area contributed by atoms with Gasteiger partial charge in [0.1, 0.15) is 0 Å². The van der Waals surface area contributed by atoms with E-state index in [9.17, 15) is 4.79 Å². The number of aromatic nitrogens is 3. The highest BCUT2D eigenvalue weighted by molar-refractivity contribution is 6.31. The van der Waals surface area contributed by atoms with Crippen molar-refractivity contribution in [3.05, 3.63) is 41.2 Å². The van der Waals surface area contributed by atoms with Crippen molar-refractivity contribution >= 4 is 17.5 Å². The second-order valence-electron chi connectivity index (χ2n) is 6.74. The van der Waals surface area contributed by atoms with Gasteiger partial charge in [-0.1, -0.05) is 18.5 Å². The van der Waals surface area contributed by atoms with Crippen LogP contribution in [-0.2, 0) is 0 Å². The Labute approximate surface area is 145 Å². The summed E-state index contributed by atoms with van der Waals surface area (Å²) >= 11 is 6.16. The van der Waals surface area contributed by atoms with Crippen LogP contribution in [0.5, 0.6) is 0 Å². The standard InChI is InChI=1S/C17H20ClN5O/c1-10-11-6-13(7-11)22(16(10)9-19)17(24)14-8-12(18)2-3-15(14)23-20-4-5-21-23/h2-5,8,10-11,13,16H,6-7,9,19H2,1H3/t10?,11?,13?,16-/m1/s1. The zero-order chi connectivity index (χ0) is 16.8. The van der Waals surface area contributed by atoms with E-state index in [1.54, 1.807) is 30.6 Å². The summed E-state index contributed by atoms with van der Waals surface area (Å²) in [4.78, 5) is 16.8. The maximum absolute atomic E-state index is 13.4. The van der Waals surface area contributed by atoms with Crippen molar-refractivity contribution in [3.8, 4) is 5.69 Å². The van der Waals surface area contributed by atoms with Crippen LogP contribution < -0.4 is 5.73 Å². The Bertz CT molecular complexity index is 756. The molecular weight excluding hydrogens is 326 g/mol. The highest BCUT2D eigenvalue weighted by atomic mass is 35.5. The minimum Gasteiger partial charge on any atom is -0.331 e. The first kappa shape index (κ1) is 15.6. The van der Waals surface area contributed by atoms with Crippen molar-refractivity contribution in [2.75, 3.05) is 6.54 Å². The summed E-state index contributed by atoms with van der Waals surface area (Å²) < 4.78 is 0. The fourth-order valence-electron chi connectivity index (χ4n) is 4.10. The monoisotopic (exact) mass is 345 g/mol. The van der Waals surface area contributed by atoms with E-state index in [0.717, 1.165) is 12.8 Å². The van der Waals surface area contributed by atoms with Crippen molar-refractivity contribution < 1.29 is 4.79 Å². The van der Waals surface area contributed by atoms with E-state index < -0.39 is 0 Å². The number of nitrogens with two attached hydrogens (primary N) is 1. The Hall–Kier alpha value is -1.92. The van der Waals surface area contributed by atoms with Crippen LogP contribution in [0.4, 0.5) is 0 Å². The van der Waals surface area contributed by atoms with Gasteiger partial charge in [-0.25, -0.2) is 0 Å². The molecule has 1 unspecified atom stereocenters. The molecule has 24 heavy (non-hydrogen) atoms. The molecule has 2 aliphatic heterocycles. The normalized spacial score (nSPS) is 28.5. The van der Waals surface area contributed by atoms with E-state index >= 15 is 0 Å². The number of halogens is 1. The number of carbonyl (C=O) groups excluding carboxylic acids is 1. The molecule has 1 aromatic heterocycles. The average molecular weight is 346 g/mol. The van der Waals surface area contributed by atoms with Gasteiger partial charge in [-0.05, 0) is 42.9 Å². The van der Waals surface area contributed by atoms with Crippen LogP contribution in [-0.4, -0.2) is 44.4 Å². The lowest BCUT2D eigenvalue weighted by molar-refractivity contribution is -0.0514. The molecule has 126 valence electrons. The molecule has 1 saturated carbocycles. The van der Waals surface area contributed by atoms with E-state index in [1.807, 2.05) is 4.90 Å². The van der Waals surface area contributed by atoms with Crippen molar-refractivity contribution in [2.45, 2.75) is 31.8 Å². The molecule has 2 aromatic rings. The molecule has 2 N–H and O–H groups in total. The number of nitrogens with zero attached hydrogens (tertiary/aromatic N) is 4. The van der Waals surface area contributed by atoms with Gasteiger partial charge in [0.25, 0.3) is 5.91 Å². The molecule has 3 aliphatic rings. The van der Waals surface area contributed by atoms with Crippen LogP contribution in [0.1, 0.15) is 30.1 Å². The van der Waals surface area contributed by atoms with Crippen molar-refractivity contribution in [3.63, 3.8) is 0 Å². The van der Waals surface area contributed by atoms with E-state index in [0.29, 0.717) is 34.7 Å². The molecule has 3 fully saturated rings. The maximum Gasteiger partial charge on any atom is 0.256 e. The number of amides is 1. The molecule has 2 atom stereocenters. The van der Waals surface area contributed by atoms with Gasteiger partial charge in [0.15, 0.2) is 0 Å². The number of piperidine rings is 2. The molecule has 7 heteroatoms. The van der Waals surface area contributed by atoms with Crippen molar-refractivity contribution in [2.24, 2.45) is 17.6 Å². The second-order valence-corrected chi connectivity index (χ2v) is 7.18. The van der Waals surface area contributed by atoms with Crippen LogP contribution in [0.15, 0.2) is 30.6 Å². The van der Waals surface area contributed by atoms with Crippen LogP contribution in [0.25, 0.3) is 5.69 Å². The number of hydrogen-bond donors (Lipinski definition) is 1. The van der Waals surface area contributed by atoms with Crippen LogP contribution in [0, 0.1) is 11.8 Å². The van der Waals surface area contributed by atoms with E-state index in [1.165, 1.54) is 4.80 Å². The molecule has 2 saturated heterocycles. The van der Waals surface area contributed by atoms with Crippen molar-refractivity contribution in [1.82, 2.24) is 19.9 Å². The molecule has 1 amide bonds. The number of rotatable bonds is 3. The Kier molecular flexibility index (Phi) is 3.81. The number of carbonyl (C=O) groups is 1. The Morgan fingerprint density at radius 2 is 2.04 bits per heavy atom. The summed E-state index contributed by atoms with van der Waals surface area (Å²) in [6.45, 7) is 2.68. The molecule has 0 radical (unpaired) electrons. The summed E-state index contributed by atoms with van der Waals surface area (Å²) in [7, 11) is 0. The average Bonchev–Trinajstić information content (AvgIpc) is 3.06. The maximum atomic E-state index is 13.4. The molecule has 6 nitrogen and oxygen atoms in total. The Morgan fingerprint density at radius 3 is 2.71 bits per heavy atom. The molecule has 1 aliphatic carbocycles. The lowest BCUT2D eigenvalue weighted by atomic mass is 9.64. The third kappa shape index (κ3) is 2.32. The molecule has 1 aromatic carbocycles. The highest BCUT2D eigenvalue weighted by Crippen LogP contribution is 2.46. The zero-order valence-corrected chi connectivity index (χ0v) is 14.2. The minimum absolute atomic E-state index is 0.0322. The van der Waals surface area contributed by atoms with Gasteiger partial charge >= 0.3 is 0 Å². The lowest BCUT2D eigenvalue weighted by Crippen LogP contribution is -2.64. The van der Waals surface area contributed by atoms with Gasteiger partial charge in [-0.15, -0.1) is 0 Å². The first-order chi connectivity index (χ1) is 11.6. The quantitative estimate of drug-likeness (QED) is 0.924. The summed E-state index contributed by atoms with van der Waals surface area (Å²) in [6.07, 6.45) is 5.31. The lowest BCUT2D eigenvalue weighted by Gasteiger charge is -2.57. The van der Waals surface area contributed by atoms with Crippen LogP contribution >= 0.6 is 11.6 Å². The SMILES string of the molecule is CC1C2CC(C2)N(C(=O)c2cc(Cl)ccc2-n2nccn2)[C@@H]1CN. The predicted octanol–water partition coefficient (Wildman–Crippen LogP) is 2.12. The largest absolute Gasteiger partial charge is 0.331 e. The summed E-state index contributed by atoms with van der Waals surface area (Å²) in [6, 6.07) is 5.59. The smallest absolute Gasteiger partial charge is 0.256 e. The molecular formula is C17H20ClN5O. The van der Waals surface area contributed by atoms with Crippen LogP contribution in [0.2, 0.25) is 5.02 Å². The number of hydrogen-bond acceptors (Lipinski definition) is 4. The van der Waals surface area contributed by atoms with E-state index in [-0.39, 0.29) is 18.0 Å². The summed E-state index contributed by atoms with van der Waals surface area (Å²) in [5.41, 5.74) is 7.16. The van der Waals surface area contributed by atoms with Gasteiger partial charge < -0.3 is 10.6 Å². The third-order valence-electron chi connectivity index (χ3n) is 5.55. The van der Waals surface area contributed by atoms with Gasteiger partial charge in [0, 0.05) is 23.7 Å². The number of fused-ring (bicyclic) bond motifs is 2. The third-order valence-corrected chi connectivity index (χ3v) is 5.79. The Morgan fingerprint density at radius 1 is 1.33 bits per heavy atom. The fraction of sp³-hybridized carbons (Fsp3) is 0.471. The Balaban J connectivity index is 1.75. The molecule has 2 bridgehead atoms. The number of benzene rings is 1. The van der Waals surface area contributed by atoms with Gasteiger partial charge in [-0.2, -0.15) is 15.0 Å². The minimum atomic E-state index is -0.0322. The van der Waals surface area contributed by atoms with E-state index in [2.05, 4.69) is 17.1 Å². The predicted molar refractivity (Wildman–Crippen MR) is 91.1 cm³/mol. The van der Waals surface area contributed by atoms with E-state index in [4.69, 9.17) is 17.3 Å². The van der Waals surface area contributed by atoms with Gasteiger partial charge in [-0.3, -0.25) is 4.79 Å².